The van der Waals surface area contributed by atoms with Crippen LogP contribution in [0.3, 0.4) is 0 Å². The molecule has 3 rings (SSSR count). The van der Waals surface area contributed by atoms with Crippen LogP contribution in [-0.2, 0) is 22.4 Å². The van der Waals surface area contributed by atoms with Crippen LogP contribution in [0.1, 0.15) is 44.7 Å². The van der Waals surface area contributed by atoms with Crippen molar-refractivity contribution in [2.45, 2.75) is 64.1 Å². The van der Waals surface area contributed by atoms with E-state index in [0.29, 0.717) is 13.0 Å². The average Bonchev–Trinajstić information content (AvgIpc) is 3.11. The van der Waals surface area contributed by atoms with Gasteiger partial charge in [-0.05, 0) is 69.7 Å². The van der Waals surface area contributed by atoms with Gasteiger partial charge in [0.2, 0.25) is 5.91 Å². The molecule has 3 N–H and O–H groups in total. The van der Waals surface area contributed by atoms with E-state index in [2.05, 4.69) is 11.4 Å². The molecular weight excluding hydrogens is 318 g/mol. The molecule has 0 aromatic heterocycles. The standard InChI is InChI=1S/C19H27N3O3/c1-19(2,3)25-18(24)22-11-14(20)10-16(22)17(23)21-15-8-7-12-5-4-6-13(12)9-15/h7-9,14,16H,4-6,10-11,20H2,1-3H3,(H,21,23)/t14-,16+/m1/s1. The van der Waals surface area contributed by atoms with Gasteiger partial charge in [0.15, 0.2) is 0 Å². The number of hydrogen-bond donors (Lipinski definition) is 2. The molecule has 0 saturated carbocycles. The molecule has 25 heavy (non-hydrogen) atoms. The van der Waals surface area contributed by atoms with Crippen LogP contribution < -0.4 is 11.1 Å². The lowest BCUT2D eigenvalue weighted by molar-refractivity contribution is -0.120. The van der Waals surface area contributed by atoms with Crippen molar-refractivity contribution in [2.75, 3.05) is 11.9 Å². The topological polar surface area (TPSA) is 84.7 Å². The summed E-state index contributed by atoms with van der Waals surface area (Å²) in [5, 5.41) is 2.94. The fourth-order valence-corrected chi connectivity index (χ4v) is 3.51. The molecule has 6 heteroatoms. The van der Waals surface area contributed by atoms with E-state index >= 15 is 0 Å². The number of amides is 2. The summed E-state index contributed by atoms with van der Waals surface area (Å²) in [4.78, 5) is 26.6. The van der Waals surface area contributed by atoms with E-state index in [1.54, 1.807) is 20.8 Å². The minimum absolute atomic E-state index is 0.211. The van der Waals surface area contributed by atoms with Crippen molar-refractivity contribution in [3.8, 4) is 0 Å². The Morgan fingerprint density at radius 1 is 1.24 bits per heavy atom. The maximum atomic E-state index is 12.7. The highest BCUT2D eigenvalue weighted by molar-refractivity contribution is 5.97. The van der Waals surface area contributed by atoms with Gasteiger partial charge < -0.3 is 15.8 Å². The molecule has 136 valence electrons. The zero-order valence-corrected chi connectivity index (χ0v) is 15.2. The summed E-state index contributed by atoms with van der Waals surface area (Å²) < 4.78 is 5.41. The second-order valence-corrected chi connectivity index (χ2v) is 7.97. The van der Waals surface area contributed by atoms with Crippen LogP contribution in [0.5, 0.6) is 0 Å². The predicted molar refractivity (Wildman–Crippen MR) is 96.4 cm³/mol. The van der Waals surface area contributed by atoms with Gasteiger partial charge in [-0.25, -0.2) is 4.79 Å². The molecule has 1 saturated heterocycles. The molecule has 0 unspecified atom stereocenters. The summed E-state index contributed by atoms with van der Waals surface area (Å²) in [5.41, 5.74) is 8.81. The van der Waals surface area contributed by atoms with Gasteiger partial charge in [-0.15, -0.1) is 0 Å². The number of carbonyl (C=O) groups excluding carboxylic acids is 2. The molecule has 1 aromatic carbocycles. The number of nitrogens with one attached hydrogen (secondary N) is 1. The van der Waals surface area contributed by atoms with Crippen LogP contribution in [0.15, 0.2) is 18.2 Å². The van der Waals surface area contributed by atoms with E-state index in [1.807, 2.05) is 12.1 Å². The van der Waals surface area contributed by atoms with Crippen LogP contribution >= 0.6 is 0 Å². The molecule has 1 aliphatic carbocycles. The van der Waals surface area contributed by atoms with Gasteiger partial charge in [-0.3, -0.25) is 9.69 Å². The molecule has 1 heterocycles. The maximum absolute atomic E-state index is 12.7. The summed E-state index contributed by atoms with van der Waals surface area (Å²) in [5.74, 6) is -0.211. The van der Waals surface area contributed by atoms with Gasteiger partial charge in [0, 0.05) is 18.3 Å². The monoisotopic (exact) mass is 345 g/mol. The maximum Gasteiger partial charge on any atom is 0.411 e. The smallest absolute Gasteiger partial charge is 0.411 e. The third-order valence-electron chi connectivity index (χ3n) is 4.63. The number of aryl methyl sites for hydroxylation is 2. The number of nitrogens with zero attached hydrogens (tertiary/aromatic N) is 1. The third kappa shape index (κ3) is 4.12. The SMILES string of the molecule is CC(C)(C)OC(=O)N1C[C@H](N)C[C@H]1C(=O)Nc1ccc2c(c1)CCC2. The Morgan fingerprint density at radius 3 is 2.68 bits per heavy atom. The van der Waals surface area contributed by atoms with Gasteiger partial charge >= 0.3 is 6.09 Å². The minimum Gasteiger partial charge on any atom is -0.444 e. The third-order valence-corrected chi connectivity index (χ3v) is 4.63. The number of likely N-dealkylation sites (tertiary alicyclic amines) is 1. The van der Waals surface area contributed by atoms with Crippen LogP contribution in [0.25, 0.3) is 0 Å². The van der Waals surface area contributed by atoms with Gasteiger partial charge in [0.05, 0.1) is 0 Å². The van der Waals surface area contributed by atoms with Crippen molar-refractivity contribution in [1.82, 2.24) is 4.90 Å². The first kappa shape index (κ1) is 17.7. The Morgan fingerprint density at radius 2 is 1.96 bits per heavy atom. The average molecular weight is 345 g/mol. The number of benzene rings is 1. The van der Waals surface area contributed by atoms with E-state index < -0.39 is 17.7 Å². The summed E-state index contributed by atoms with van der Waals surface area (Å²) in [6, 6.07) is 5.22. The molecule has 0 bridgehead atoms. The first-order valence-corrected chi connectivity index (χ1v) is 8.91. The molecule has 2 atom stereocenters. The Bertz CT molecular complexity index is 681. The van der Waals surface area contributed by atoms with Crippen LogP contribution in [0, 0.1) is 0 Å². The Balaban J connectivity index is 1.70. The van der Waals surface area contributed by atoms with Gasteiger partial charge in [0.25, 0.3) is 0 Å². The van der Waals surface area contributed by atoms with Crippen LogP contribution in [0.4, 0.5) is 10.5 Å². The molecule has 1 fully saturated rings. The van der Waals surface area contributed by atoms with Crippen molar-refractivity contribution < 1.29 is 14.3 Å². The van der Waals surface area contributed by atoms with Crippen LogP contribution in [-0.4, -0.2) is 41.1 Å². The van der Waals surface area contributed by atoms with E-state index in [-0.39, 0.29) is 11.9 Å². The highest BCUT2D eigenvalue weighted by Crippen LogP contribution is 2.26. The summed E-state index contributed by atoms with van der Waals surface area (Å²) in [6.07, 6.45) is 3.27. The number of rotatable bonds is 2. The zero-order valence-electron chi connectivity index (χ0n) is 15.2. The summed E-state index contributed by atoms with van der Waals surface area (Å²) >= 11 is 0. The molecule has 1 aromatic rings. The van der Waals surface area contributed by atoms with E-state index in [9.17, 15) is 9.59 Å². The molecule has 6 nitrogen and oxygen atoms in total. The normalized spacial score (nSPS) is 22.6. The van der Waals surface area contributed by atoms with Crippen molar-refractivity contribution in [1.29, 1.82) is 0 Å². The Kier molecular flexibility index (Phi) is 4.73. The van der Waals surface area contributed by atoms with Crippen molar-refractivity contribution in [3.63, 3.8) is 0 Å². The van der Waals surface area contributed by atoms with Crippen molar-refractivity contribution in [3.05, 3.63) is 29.3 Å². The second-order valence-electron chi connectivity index (χ2n) is 7.97. The van der Waals surface area contributed by atoms with E-state index in [0.717, 1.165) is 24.9 Å². The van der Waals surface area contributed by atoms with Crippen molar-refractivity contribution in [2.24, 2.45) is 5.73 Å². The molecule has 0 radical (unpaired) electrons. The first-order chi connectivity index (χ1) is 11.7. The Hall–Kier alpha value is -2.08. The highest BCUT2D eigenvalue weighted by Gasteiger charge is 2.40. The predicted octanol–water partition coefficient (Wildman–Crippen LogP) is 2.45. The molecule has 2 aliphatic rings. The molecular formula is C19H27N3O3. The summed E-state index contributed by atoms with van der Waals surface area (Å²) in [7, 11) is 0. The second kappa shape index (κ2) is 6.67. The van der Waals surface area contributed by atoms with Gasteiger partial charge in [-0.2, -0.15) is 0 Å². The lowest BCUT2D eigenvalue weighted by Gasteiger charge is -2.28. The number of carbonyl (C=O) groups is 2. The number of fused-ring (bicyclic) bond motifs is 1. The molecule has 2 amide bonds. The Labute approximate surface area is 148 Å². The first-order valence-electron chi connectivity index (χ1n) is 8.91. The summed E-state index contributed by atoms with van der Waals surface area (Å²) in [6.45, 7) is 5.75. The lowest BCUT2D eigenvalue weighted by atomic mass is 10.1. The largest absolute Gasteiger partial charge is 0.444 e. The van der Waals surface area contributed by atoms with Gasteiger partial charge in [0.1, 0.15) is 11.6 Å². The fraction of sp³-hybridized carbons (Fsp3) is 0.579. The number of hydrogen-bond acceptors (Lipinski definition) is 4. The quantitative estimate of drug-likeness (QED) is 0.862. The van der Waals surface area contributed by atoms with Gasteiger partial charge in [-0.1, -0.05) is 6.07 Å². The molecule has 0 spiro atoms. The fourth-order valence-electron chi connectivity index (χ4n) is 3.51. The highest BCUT2D eigenvalue weighted by atomic mass is 16.6. The molecule has 1 aliphatic heterocycles. The van der Waals surface area contributed by atoms with E-state index in [1.165, 1.54) is 16.0 Å². The number of anilines is 1. The van der Waals surface area contributed by atoms with E-state index in [4.69, 9.17) is 10.5 Å². The minimum atomic E-state index is -0.606. The lowest BCUT2D eigenvalue weighted by Crippen LogP contribution is -2.45. The van der Waals surface area contributed by atoms with Crippen molar-refractivity contribution >= 4 is 17.7 Å². The number of ether oxygens (including phenoxy) is 1. The number of nitrogens with two attached hydrogens (primary N) is 1. The zero-order chi connectivity index (χ0) is 18.2. The van der Waals surface area contributed by atoms with Crippen LogP contribution in [0.2, 0.25) is 0 Å².